The average molecular weight is 675 g/mol. The number of benzene rings is 1. The van der Waals surface area contributed by atoms with Crippen LogP contribution in [0.4, 0.5) is 24.0 Å². The van der Waals surface area contributed by atoms with Crippen LogP contribution in [0.1, 0.15) is 37.7 Å². The van der Waals surface area contributed by atoms with E-state index in [0.717, 1.165) is 63.1 Å². The molecule has 48 heavy (non-hydrogen) atoms. The number of likely N-dealkylation sites (tertiary alicyclic amines) is 1. The lowest BCUT2D eigenvalue weighted by Gasteiger charge is -2.49. The molecule has 1 saturated heterocycles. The second-order valence-electron chi connectivity index (χ2n) is 14.4. The summed E-state index contributed by atoms with van der Waals surface area (Å²) >= 11 is 0.991. The summed E-state index contributed by atoms with van der Waals surface area (Å²) in [5.41, 5.74) is 0.271. The minimum Gasteiger partial charge on any atom is -0.463 e. The Morgan fingerprint density at radius 2 is 1.90 bits per heavy atom. The maximum absolute atomic E-state index is 16.8. The highest BCUT2D eigenvalue weighted by Gasteiger charge is 2.58. The van der Waals surface area contributed by atoms with Crippen LogP contribution in [0.3, 0.4) is 0 Å². The molecule has 13 heteroatoms. The number of likely N-dealkylation sites (N-methyl/N-ethyl adjacent to an activating group) is 2. The minimum absolute atomic E-state index is 0.0324. The molecule has 0 radical (unpaired) electrons. The van der Waals surface area contributed by atoms with Crippen LogP contribution in [0.5, 0.6) is 6.01 Å². The van der Waals surface area contributed by atoms with Crippen LogP contribution in [-0.2, 0) is 0 Å². The van der Waals surface area contributed by atoms with E-state index in [0.29, 0.717) is 24.4 Å². The second kappa shape index (κ2) is 11.4. The highest BCUT2D eigenvalue weighted by molar-refractivity contribution is 7.23. The molecule has 1 aromatic carbocycles. The summed E-state index contributed by atoms with van der Waals surface area (Å²) in [6, 6.07) is 4.84. The van der Waals surface area contributed by atoms with Gasteiger partial charge in [0, 0.05) is 73.2 Å². The van der Waals surface area contributed by atoms with Crippen molar-refractivity contribution in [1.29, 1.82) is 5.26 Å². The second-order valence-corrected chi connectivity index (χ2v) is 15.4. The summed E-state index contributed by atoms with van der Waals surface area (Å²) in [7, 11) is 6.10. The molecule has 4 aliphatic rings. The van der Waals surface area contributed by atoms with Gasteiger partial charge in [0.25, 0.3) is 0 Å². The predicted octanol–water partition coefficient (Wildman–Crippen LogP) is 6.37. The number of alkyl halides is 1. The van der Waals surface area contributed by atoms with E-state index in [9.17, 15) is 14.0 Å². The van der Waals surface area contributed by atoms with E-state index in [4.69, 9.17) is 9.72 Å². The largest absolute Gasteiger partial charge is 0.463 e. The molecule has 250 valence electrons. The molecule has 3 aliphatic carbocycles. The molecule has 9 nitrogen and oxygen atoms in total. The van der Waals surface area contributed by atoms with E-state index < -0.39 is 17.8 Å². The highest BCUT2D eigenvalue weighted by Crippen LogP contribution is 2.52. The van der Waals surface area contributed by atoms with Crippen molar-refractivity contribution in [3.05, 3.63) is 35.5 Å². The smallest absolute Gasteiger partial charge is 0.319 e. The van der Waals surface area contributed by atoms with Gasteiger partial charge in [0.2, 0.25) is 0 Å². The molecule has 8 rings (SSSR count). The molecule has 0 N–H and O–H groups in total. The summed E-state index contributed by atoms with van der Waals surface area (Å²) < 4.78 is 52.0. The lowest BCUT2D eigenvalue weighted by Crippen LogP contribution is -2.56. The fraction of sp³-hybridized carbons (Fsp3) is 0.514. The Hall–Kier alpha value is -3.86. The van der Waals surface area contributed by atoms with E-state index in [1.54, 1.807) is 6.20 Å². The highest BCUT2D eigenvalue weighted by atomic mass is 32.1. The number of hydrogen-bond donors (Lipinski definition) is 0. The number of rotatable bonds is 11. The first-order valence-corrected chi connectivity index (χ1v) is 17.2. The molecule has 3 aromatic heterocycles. The molecular formula is C35H37F3N8OS. The number of pyridine rings is 1. The van der Waals surface area contributed by atoms with Crippen LogP contribution in [0, 0.1) is 40.2 Å². The van der Waals surface area contributed by atoms with Gasteiger partial charge < -0.3 is 19.4 Å². The van der Waals surface area contributed by atoms with E-state index in [-0.39, 0.29) is 66.2 Å². The Bertz CT molecular complexity index is 1990. The number of hydrogen-bond acceptors (Lipinski definition) is 10. The number of aromatic nitrogens is 3. The molecule has 4 aromatic rings. The number of ether oxygens (including phenoxy) is 1. The summed E-state index contributed by atoms with van der Waals surface area (Å²) in [6.07, 6.45) is 6.12. The maximum atomic E-state index is 16.8. The topological polar surface area (TPSA) is 93.8 Å². The summed E-state index contributed by atoms with van der Waals surface area (Å²) in [6.45, 7) is 7.00. The van der Waals surface area contributed by atoms with Crippen molar-refractivity contribution in [1.82, 2.24) is 24.8 Å². The third-order valence-electron chi connectivity index (χ3n) is 11.2. The monoisotopic (exact) mass is 674 g/mol. The van der Waals surface area contributed by atoms with Gasteiger partial charge in [-0.1, -0.05) is 0 Å². The van der Waals surface area contributed by atoms with Crippen molar-refractivity contribution in [2.75, 3.05) is 58.8 Å². The molecule has 4 heterocycles. The predicted molar refractivity (Wildman–Crippen MR) is 181 cm³/mol. The third kappa shape index (κ3) is 5.02. The van der Waals surface area contributed by atoms with Crippen molar-refractivity contribution < 1.29 is 17.9 Å². The molecule has 0 amide bonds. The fourth-order valence-corrected chi connectivity index (χ4v) is 8.86. The number of fused-ring (bicyclic) bond motifs is 3. The van der Waals surface area contributed by atoms with Gasteiger partial charge in [0.05, 0.1) is 22.3 Å². The van der Waals surface area contributed by atoms with Crippen molar-refractivity contribution >= 4 is 49.9 Å². The molecule has 4 fully saturated rings. The maximum Gasteiger partial charge on any atom is 0.319 e. The lowest BCUT2D eigenvalue weighted by atomic mass is 9.75. The quantitative estimate of drug-likeness (QED) is 0.170. The van der Waals surface area contributed by atoms with Crippen LogP contribution < -0.4 is 9.64 Å². The Morgan fingerprint density at radius 3 is 2.52 bits per heavy atom. The average Bonchev–Trinajstić information content (AvgIpc) is 3.80. The van der Waals surface area contributed by atoms with Crippen LogP contribution in [0.25, 0.3) is 32.2 Å². The van der Waals surface area contributed by atoms with Crippen molar-refractivity contribution in [3.63, 3.8) is 0 Å². The van der Waals surface area contributed by atoms with Gasteiger partial charge >= 0.3 is 6.01 Å². The van der Waals surface area contributed by atoms with Crippen molar-refractivity contribution in [3.8, 4) is 23.3 Å². The zero-order valence-corrected chi connectivity index (χ0v) is 28.1. The fourth-order valence-electron chi connectivity index (χ4n) is 7.87. The molecule has 1 unspecified atom stereocenters. The number of nitriles is 1. The van der Waals surface area contributed by atoms with E-state index in [1.165, 1.54) is 12.1 Å². The minimum atomic E-state index is -0.713. The van der Waals surface area contributed by atoms with Crippen molar-refractivity contribution in [2.45, 2.75) is 43.8 Å². The Balaban J connectivity index is 1.18. The molecule has 3 atom stereocenters. The molecule has 1 aliphatic heterocycles. The molecular weight excluding hydrogens is 638 g/mol. The van der Waals surface area contributed by atoms with Crippen LogP contribution in [-0.4, -0.2) is 97.1 Å². The standard InChI is InChI=1S/C35H37F3N8OS/c1-40-32-20(12-39)25-19(6-7-24(36)30(25)48-32)28-27(38)29-21(13-41-28)31(45(4)17-35(44(2)3)8-5-9-35)43-33(42-29)47-18-34(10-11-34)16-46-14-22-23(15-46)26(22)37/h6-7,13,22-23,26H,1,5,8-11,14-18H2,2-4H3/t22-,23+,26?. The van der Waals surface area contributed by atoms with Gasteiger partial charge in [-0.3, -0.25) is 9.98 Å². The van der Waals surface area contributed by atoms with Crippen LogP contribution in [0.15, 0.2) is 23.3 Å². The lowest BCUT2D eigenvalue weighted by molar-refractivity contribution is 0.0682. The molecule has 3 saturated carbocycles. The number of aliphatic imine (C=N–C) groups is 1. The summed E-state index contributed by atoms with van der Waals surface area (Å²) in [5.74, 6) is -0.389. The van der Waals surface area contributed by atoms with E-state index in [1.807, 2.05) is 11.9 Å². The number of piperidine rings is 1. The van der Waals surface area contributed by atoms with E-state index >= 15 is 4.39 Å². The Morgan fingerprint density at radius 1 is 1.15 bits per heavy atom. The van der Waals surface area contributed by atoms with Crippen LogP contribution >= 0.6 is 11.3 Å². The first kappa shape index (κ1) is 31.4. The Kier molecular flexibility index (Phi) is 7.43. The van der Waals surface area contributed by atoms with Gasteiger partial charge in [-0.2, -0.15) is 15.2 Å². The number of nitrogens with zero attached hydrogens (tertiary/aromatic N) is 8. The summed E-state index contributed by atoms with van der Waals surface area (Å²) in [4.78, 5) is 24.5. The normalized spacial score (nSPS) is 23.6. The van der Waals surface area contributed by atoms with E-state index in [2.05, 4.69) is 51.6 Å². The van der Waals surface area contributed by atoms with Gasteiger partial charge in [-0.25, -0.2) is 13.2 Å². The number of anilines is 1. The summed E-state index contributed by atoms with van der Waals surface area (Å²) in [5, 5.41) is 10.9. The SMILES string of the molecule is C=Nc1sc2c(F)ccc(-c3ncc4c(N(C)CC5(N(C)C)CCC5)nc(OCC5(CN6C[C@@H]7C(F)[C@@H]7C6)CC5)nc4c3F)c2c1C#N. The first-order valence-electron chi connectivity index (χ1n) is 16.4. The third-order valence-corrected chi connectivity index (χ3v) is 12.4. The first-order chi connectivity index (χ1) is 23.1. The molecule has 0 bridgehead atoms. The molecule has 0 spiro atoms. The van der Waals surface area contributed by atoms with Gasteiger partial charge in [-0.05, 0) is 65.0 Å². The van der Waals surface area contributed by atoms with Crippen molar-refractivity contribution in [2.24, 2.45) is 22.2 Å². The zero-order valence-electron chi connectivity index (χ0n) is 27.3. The number of halogens is 3. The van der Waals surface area contributed by atoms with Crippen LogP contribution in [0.2, 0.25) is 0 Å². The Labute approximate surface area is 281 Å². The van der Waals surface area contributed by atoms with Gasteiger partial charge in [0.1, 0.15) is 40.1 Å². The zero-order chi connectivity index (χ0) is 33.5. The van der Waals surface area contributed by atoms with Gasteiger partial charge in [0.15, 0.2) is 5.82 Å². The number of thiophene rings is 1. The van der Waals surface area contributed by atoms with Gasteiger partial charge in [-0.15, -0.1) is 11.3 Å².